The molecule has 0 unspecified atom stereocenters. The zero-order chi connectivity index (χ0) is 19.2. The normalized spacial score (nSPS) is 17.9. The third-order valence-corrected chi connectivity index (χ3v) is 6.21. The van der Waals surface area contributed by atoms with E-state index in [0.717, 1.165) is 25.3 Å². The Bertz CT molecular complexity index is 688. The summed E-state index contributed by atoms with van der Waals surface area (Å²) in [4.78, 5) is 5.07. The SMILES string of the molecule is CCNC(=NCC1CCN(S(=O)(=O)c2ccccc2)CC1)NC(C)(C)C. The van der Waals surface area contributed by atoms with Crippen LogP contribution in [0.3, 0.4) is 0 Å². The summed E-state index contributed by atoms with van der Waals surface area (Å²) in [5, 5.41) is 6.65. The lowest BCUT2D eigenvalue weighted by Gasteiger charge is -2.31. The van der Waals surface area contributed by atoms with Crippen LogP contribution in [0.1, 0.15) is 40.5 Å². The molecule has 1 aromatic rings. The maximum absolute atomic E-state index is 12.7. The summed E-state index contributed by atoms with van der Waals surface area (Å²) in [6.45, 7) is 11.0. The van der Waals surface area contributed by atoms with Gasteiger partial charge in [-0.2, -0.15) is 4.31 Å². The summed E-state index contributed by atoms with van der Waals surface area (Å²) >= 11 is 0. The van der Waals surface area contributed by atoms with Crippen LogP contribution in [0.2, 0.25) is 0 Å². The Hall–Kier alpha value is -1.60. The number of rotatable bonds is 5. The minimum absolute atomic E-state index is 0.0475. The summed E-state index contributed by atoms with van der Waals surface area (Å²) in [6.07, 6.45) is 1.68. The molecule has 6 nitrogen and oxygen atoms in total. The van der Waals surface area contributed by atoms with Gasteiger partial charge in [-0.25, -0.2) is 8.42 Å². The number of benzene rings is 1. The quantitative estimate of drug-likeness (QED) is 0.608. The fourth-order valence-electron chi connectivity index (χ4n) is 2.96. The highest BCUT2D eigenvalue weighted by Crippen LogP contribution is 2.23. The lowest BCUT2D eigenvalue weighted by atomic mass is 9.98. The van der Waals surface area contributed by atoms with Crippen LogP contribution in [0, 0.1) is 5.92 Å². The van der Waals surface area contributed by atoms with Gasteiger partial charge < -0.3 is 10.6 Å². The van der Waals surface area contributed by atoms with Crippen LogP contribution in [-0.2, 0) is 10.0 Å². The standard InChI is InChI=1S/C19H32N4O2S/c1-5-20-18(22-19(2,3)4)21-15-16-11-13-23(14-12-16)26(24,25)17-9-7-6-8-10-17/h6-10,16H,5,11-15H2,1-4H3,(H2,20,21,22). The summed E-state index contributed by atoms with van der Waals surface area (Å²) < 4.78 is 27.0. The van der Waals surface area contributed by atoms with Gasteiger partial charge in [0, 0.05) is 31.7 Å². The van der Waals surface area contributed by atoms with Crippen molar-refractivity contribution < 1.29 is 8.42 Å². The van der Waals surface area contributed by atoms with Crippen LogP contribution in [0.4, 0.5) is 0 Å². The van der Waals surface area contributed by atoms with E-state index in [1.807, 2.05) is 13.0 Å². The lowest BCUT2D eigenvalue weighted by Crippen LogP contribution is -2.48. The van der Waals surface area contributed by atoms with E-state index >= 15 is 0 Å². The average Bonchev–Trinajstić information content (AvgIpc) is 2.60. The minimum atomic E-state index is -3.38. The van der Waals surface area contributed by atoms with Crippen molar-refractivity contribution in [3.05, 3.63) is 30.3 Å². The number of hydrogen-bond acceptors (Lipinski definition) is 3. The van der Waals surface area contributed by atoms with Crippen LogP contribution < -0.4 is 10.6 Å². The first kappa shape index (κ1) is 20.7. The van der Waals surface area contributed by atoms with Gasteiger partial charge in [-0.05, 0) is 58.6 Å². The molecule has 1 aromatic carbocycles. The fraction of sp³-hybridized carbons (Fsp3) is 0.632. The summed E-state index contributed by atoms with van der Waals surface area (Å²) in [7, 11) is -3.38. The molecule has 1 saturated heterocycles. The number of nitrogens with one attached hydrogen (secondary N) is 2. The summed E-state index contributed by atoms with van der Waals surface area (Å²) in [5.41, 5.74) is -0.0475. The van der Waals surface area contributed by atoms with Gasteiger partial charge in [0.15, 0.2) is 5.96 Å². The third kappa shape index (κ3) is 5.99. The van der Waals surface area contributed by atoms with Gasteiger partial charge in [-0.3, -0.25) is 4.99 Å². The fourth-order valence-corrected chi connectivity index (χ4v) is 4.45. The molecular weight excluding hydrogens is 348 g/mol. The van der Waals surface area contributed by atoms with Gasteiger partial charge in [0.25, 0.3) is 0 Å². The Labute approximate surface area is 158 Å². The van der Waals surface area contributed by atoms with Crippen molar-refractivity contribution in [3.8, 4) is 0 Å². The van der Waals surface area contributed by atoms with E-state index in [1.165, 1.54) is 0 Å². The molecule has 146 valence electrons. The molecule has 0 saturated carbocycles. The van der Waals surface area contributed by atoms with Gasteiger partial charge in [0.1, 0.15) is 0 Å². The minimum Gasteiger partial charge on any atom is -0.357 e. The van der Waals surface area contributed by atoms with E-state index in [9.17, 15) is 8.42 Å². The molecule has 7 heteroatoms. The van der Waals surface area contributed by atoms with Gasteiger partial charge in [-0.15, -0.1) is 0 Å². The summed E-state index contributed by atoms with van der Waals surface area (Å²) in [6, 6.07) is 8.67. The van der Waals surface area contributed by atoms with Crippen LogP contribution in [-0.4, -0.2) is 50.4 Å². The Balaban J connectivity index is 1.92. The Morgan fingerprint density at radius 3 is 2.35 bits per heavy atom. The van der Waals surface area contributed by atoms with Gasteiger partial charge in [-0.1, -0.05) is 18.2 Å². The van der Waals surface area contributed by atoms with Crippen LogP contribution >= 0.6 is 0 Å². The molecule has 0 radical (unpaired) electrons. The van der Waals surface area contributed by atoms with E-state index in [4.69, 9.17) is 4.99 Å². The molecule has 2 rings (SSSR count). The van der Waals surface area contributed by atoms with E-state index in [2.05, 4.69) is 31.4 Å². The molecule has 0 aromatic heterocycles. The molecule has 1 fully saturated rings. The molecule has 1 aliphatic rings. The molecule has 0 amide bonds. The van der Waals surface area contributed by atoms with Crippen molar-refractivity contribution in [2.24, 2.45) is 10.9 Å². The van der Waals surface area contributed by atoms with E-state index in [1.54, 1.807) is 28.6 Å². The topological polar surface area (TPSA) is 73.8 Å². The van der Waals surface area contributed by atoms with Crippen molar-refractivity contribution in [3.63, 3.8) is 0 Å². The van der Waals surface area contributed by atoms with E-state index in [-0.39, 0.29) is 5.54 Å². The van der Waals surface area contributed by atoms with Crippen molar-refractivity contribution in [1.82, 2.24) is 14.9 Å². The molecule has 0 aliphatic carbocycles. The Morgan fingerprint density at radius 1 is 1.19 bits per heavy atom. The second-order valence-electron chi connectivity index (χ2n) is 7.76. The van der Waals surface area contributed by atoms with Crippen LogP contribution in [0.25, 0.3) is 0 Å². The number of hydrogen-bond donors (Lipinski definition) is 2. The smallest absolute Gasteiger partial charge is 0.243 e. The number of guanidine groups is 1. The summed E-state index contributed by atoms with van der Waals surface area (Å²) in [5.74, 6) is 1.23. The predicted octanol–water partition coefficient (Wildman–Crippen LogP) is 2.44. The van der Waals surface area contributed by atoms with Crippen molar-refractivity contribution in [2.45, 2.75) is 51.0 Å². The second kappa shape index (κ2) is 8.86. The highest BCUT2D eigenvalue weighted by Gasteiger charge is 2.29. The number of sulfonamides is 1. The highest BCUT2D eigenvalue weighted by atomic mass is 32.2. The van der Waals surface area contributed by atoms with Gasteiger partial charge >= 0.3 is 0 Å². The zero-order valence-corrected chi connectivity index (χ0v) is 17.1. The Morgan fingerprint density at radius 2 is 1.81 bits per heavy atom. The van der Waals surface area contributed by atoms with Gasteiger partial charge in [0.05, 0.1) is 4.90 Å². The second-order valence-corrected chi connectivity index (χ2v) is 9.69. The third-order valence-electron chi connectivity index (χ3n) is 4.30. The van der Waals surface area contributed by atoms with Crippen molar-refractivity contribution in [2.75, 3.05) is 26.2 Å². The molecule has 0 atom stereocenters. The van der Waals surface area contributed by atoms with E-state index < -0.39 is 10.0 Å². The number of aliphatic imine (C=N–C) groups is 1. The maximum atomic E-state index is 12.7. The first-order chi connectivity index (χ1) is 12.2. The maximum Gasteiger partial charge on any atom is 0.243 e. The van der Waals surface area contributed by atoms with Gasteiger partial charge in [0.2, 0.25) is 10.0 Å². The predicted molar refractivity (Wildman–Crippen MR) is 107 cm³/mol. The molecule has 26 heavy (non-hydrogen) atoms. The molecule has 0 bridgehead atoms. The number of piperidine rings is 1. The van der Waals surface area contributed by atoms with Crippen LogP contribution in [0.5, 0.6) is 0 Å². The molecule has 1 heterocycles. The van der Waals surface area contributed by atoms with Crippen molar-refractivity contribution >= 4 is 16.0 Å². The van der Waals surface area contributed by atoms with Crippen LogP contribution in [0.15, 0.2) is 40.2 Å². The first-order valence-electron chi connectivity index (χ1n) is 9.34. The molecular formula is C19H32N4O2S. The zero-order valence-electron chi connectivity index (χ0n) is 16.3. The van der Waals surface area contributed by atoms with Crippen molar-refractivity contribution in [1.29, 1.82) is 0 Å². The molecule has 1 aliphatic heterocycles. The molecule has 2 N–H and O–H groups in total. The highest BCUT2D eigenvalue weighted by molar-refractivity contribution is 7.89. The largest absolute Gasteiger partial charge is 0.357 e. The molecule has 0 spiro atoms. The Kier molecular flexibility index (Phi) is 7.06. The average molecular weight is 381 g/mol. The first-order valence-corrected chi connectivity index (χ1v) is 10.8. The van der Waals surface area contributed by atoms with E-state index in [0.29, 0.717) is 30.4 Å². The lowest BCUT2D eigenvalue weighted by molar-refractivity contribution is 0.278. The monoisotopic (exact) mass is 380 g/mol. The number of nitrogens with zero attached hydrogens (tertiary/aromatic N) is 2.